The van der Waals surface area contributed by atoms with Crippen LogP contribution in [0.2, 0.25) is 0 Å². The average Bonchev–Trinajstić information content (AvgIpc) is 2.58. The van der Waals surface area contributed by atoms with Crippen LogP contribution in [0.3, 0.4) is 0 Å². The number of carbonyl (C=O) groups excluding carboxylic acids is 1. The van der Waals surface area contributed by atoms with Crippen LogP contribution in [-0.2, 0) is 9.53 Å². The molecule has 0 amide bonds. The largest absolute Gasteiger partial charge is 0.469 e. The van der Waals surface area contributed by atoms with Gasteiger partial charge in [-0.2, -0.15) is 0 Å². The molecule has 1 unspecified atom stereocenters. The van der Waals surface area contributed by atoms with Crippen LogP contribution >= 0.6 is 12.4 Å². The molecule has 0 aromatic carbocycles. The summed E-state index contributed by atoms with van der Waals surface area (Å²) in [6.07, 6.45) is 1.99. The maximum atomic E-state index is 11.3. The smallest absolute Gasteiger partial charge is 0.308 e. The first-order valence-corrected chi connectivity index (χ1v) is 4.58. The first kappa shape index (κ1) is 12.7. The molecule has 1 saturated heterocycles. The second-order valence-corrected chi connectivity index (χ2v) is 3.29. The Morgan fingerprint density at radius 3 is 2.77 bits per heavy atom. The molecule has 13 heavy (non-hydrogen) atoms. The lowest BCUT2D eigenvalue weighted by atomic mass is 9.89. The molecule has 4 heteroatoms. The van der Waals surface area contributed by atoms with Gasteiger partial charge in [-0.05, 0) is 31.8 Å². The molecular formula is C9H18ClNO2. The average molecular weight is 208 g/mol. The molecule has 0 spiro atoms. The van der Waals surface area contributed by atoms with Crippen LogP contribution in [0.15, 0.2) is 0 Å². The van der Waals surface area contributed by atoms with Crippen molar-refractivity contribution >= 4 is 18.4 Å². The molecule has 1 aliphatic heterocycles. The van der Waals surface area contributed by atoms with Crippen LogP contribution in [0.5, 0.6) is 0 Å². The lowest BCUT2D eigenvalue weighted by molar-refractivity contribution is -0.147. The zero-order valence-electron chi connectivity index (χ0n) is 8.21. The highest BCUT2D eigenvalue weighted by Gasteiger charge is 2.29. The zero-order valence-corrected chi connectivity index (χ0v) is 9.02. The summed E-state index contributed by atoms with van der Waals surface area (Å²) >= 11 is 0. The van der Waals surface area contributed by atoms with Gasteiger partial charge in [0.25, 0.3) is 0 Å². The van der Waals surface area contributed by atoms with E-state index in [9.17, 15) is 4.79 Å². The molecule has 0 aromatic heterocycles. The molecule has 3 nitrogen and oxygen atoms in total. The van der Waals surface area contributed by atoms with Crippen LogP contribution in [-0.4, -0.2) is 26.2 Å². The van der Waals surface area contributed by atoms with Gasteiger partial charge >= 0.3 is 5.97 Å². The fourth-order valence-electron chi connectivity index (χ4n) is 1.86. The molecule has 0 aliphatic carbocycles. The molecular weight excluding hydrogens is 190 g/mol. The van der Waals surface area contributed by atoms with Crippen molar-refractivity contribution in [3.8, 4) is 0 Å². The van der Waals surface area contributed by atoms with Gasteiger partial charge in [0.05, 0.1) is 13.0 Å². The number of carbonyl (C=O) groups is 1. The molecule has 1 rings (SSSR count). The first-order chi connectivity index (χ1) is 5.79. The van der Waals surface area contributed by atoms with Gasteiger partial charge in [0.2, 0.25) is 0 Å². The second kappa shape index (κ2) is 6.22. The van der Waals surface area contributed by atoms with Crippen molar-refractivity contribution in [3.05, 3.63) is 0 Å². The molecule has 0 radical (unpaired) electrons. The van der Waals surface area contributed by atoms with E-state index in [1.807, 2.05) is 6.92 Å². The lowest BCUT2D eigenvalue weighted by Crippen LogP contribution is -2.26. The van der Waals surface area contributed by atoms with E-state index in [0.717, 1.165) is 25.9 Å². The lowest BCUT2D eigenvalue weighted by Gasteiger charge is -2.18. The standard InChI is InChI=1S/C9H17NO2.ClH/c1-3-8(9(11)12-2)7-4-5-10-6-7;/h7-8,10H,3-6H2,1-2H3;1H/t7-,8?;/m1./s1. The highest BCUT2D eigenvalue weighted by molar-refractivity contribution is 5.85. The Bertz CT molecular complexity index is 158. The summed E-state index contributed by atoms with van der Waals surface area (Å²) in [4.78, 5) is 11.3. The molecule has 0 saturated carbocycles. The van der Waals surface area contributed by atoms with Gasteiger partial charge in [-0.15, -0.1) is 12.4 Å². The van der Waals surface area contributed by atoms with E-state index < -0.39 is 0 Å². The van der Waals surface area contributed by atoms with Crippen LogP contribution in [0.25, 0.3) is 0 Å². The molecule has 0 aromatic rings. The van der Waals surface area contributed by atoms with Gasteiger partial charge in [0.15, 0.2) is 0 Å². The van der Waals surface area contributed by atoms with Gasteiger partial charge in [0.1, 0.15) is 0 Å². The number of halogens is 1. The summed E-state index contributed by atoms with van der Waals surface area (Å²) in [5.41, 5.74) is 0. The minimum absolute atomic E-state index is 0. The zero-order chi connectivity index (χ0) is 8.97. The summed E-state index contributed by atoms with van der Waals surface area (Å²) in [7, 11) is 1.47. The quantitative estimate of drug-likeness (QED) is 0.708. The van der Waals surface area contributed by atoms with Crippen molar-refractivity contribution in [2.45, 2.75) is 19.8 Å². The normalized spacial score (nSPS) is 23.4. The van der Waals surface area contributed by atoms with E-state index in [1.54, 1.807) is 0 Å². The van der Waals surface area contributed by atoms with Crippen molar-refractivity contribution in [2.75, 3.05) is 20.2 Å². The molecule has 78 valence electrons. The van der Waals surface area contributed by atoms with E-state index in [0.29, 0.717) is 5.92 Å². The minimum Gasteiger partial charge on any atom is -0.469 e. The monoisotopic (exact) mass is 207 g/mol. The number of hydrogen-bond acceptors (Lipinski definition) is 3. The maximum absolute atomic E-state index is 11.3. The van der Waals surface area contributed by atoms with Gasteiger partial charge in [0, 0.05) is 0 Å². The summed E-state index contributed by atoms with van der Waals surface area (Å²) in [6.45, 7) is 4.05. The van der Waals surface area contributed by atoms with Crippen LogP contribution in [0.4, 0.5) is 0 Å². The summed E-state index contributed by atoms with van der Waals surface area (Å²) in [5.74, 6) is 0.540. The molecule has 1 N–H and O–H groups in total. The Kier molecular flexibility index (Phi) is 6.08. The third-order valence-electron chi connectivity index (χ3n) is 2.61. The molecule has 1 heterocycles. The van der Waals surface area contributed by atoms with Crippen LogP contribution in [0, 0.1) is 11.8 Å². The summed E-state index contributed by atoms with van der Waals surface area (Å²) in [5, 5.41) is 3.26. The van der Waals surface area contributed by atoms with E-state index in [1.165, 1.54) is 7.11 Å². The van der Waals surface area contributed by atoms with Crippen molar-refractivity contribution in [1.29, 1.82) is 0 Å². The predicted molar refractivity (Wildman–Crippen MR) is 54.0 cm³/mol. The fourth-order valence-corrected chi connectivity index (χ4v) is 1.86. The summed E-state index contributed by atoms with van der Waals surface area (Å²) in [6, 6.07) is 0. The number of rotatable bonds is 3. The van der Waals surface area contributed by atoms with E-state index >= 15 is 0 Å². The highest BCUT2D eigenvalue weighted by atomic mass is 35.5. The Morgan fingerprint density at radius 1 is 1.69 bits per heavy atom. The van der Waals surface area contributed by atoms with Crippen molar-refractivity contribution < 1.29 is 9.53 Å². The van der Waals surface area contributed by atoms with E-state index in [4.69, 9.17) is 4.74 Å². The molecule has 1 fully saturated rings. The maximum Gasteiger partial charge on any atom is 0.308 e. The van der Waals surface area contributed by atoms with Crippen molar-refractivity contribution in [1.82, 2.24) is 5.32 Å². The third-order valence-corrected chi connectivity index (χ3v) is 2.61. The topological polar surface area (TPSA) is 38.3 Å². The number of esters is 1. The predicted octanol–water partition coefficient (Wildman–Crippen LogP) is 1.22. The molecule has 1 aliphatic rings. The Hall–Kier alpha value is -0.280. The number of nitrogens with one attached hydrogen (secondary N) is 1. The number of ether oxygens (including phenoxy) is 1. The fraction of sp³-hybridized carbons (Fsp3) is 0.889. The van der Waals surface area contributed by atoms with E-state index in [2.05, 4.69) is 5.32 Å². The third kappa shape index (κ3) is 3.16. The molecule has 2 atom stereocenters. The number of hydrogen-bond donors (Lipinski definition) is 1. The Labute approximate surface area is 85.6 Å². The highest BCUT2D eigenvalue weighted by Crippen LogP contribution is 2.22. The Morgan fingerprint density at radius 2 is 2.38 bits per heavy atom. The molecule has 0 bridgehead atoms. The van der Waals surface area contributed by atoms with Gasteiger partial charge in [-0.3, -0.25) is 4.79 Å². The van der Waals surface area contributed by atoms with Gasteiger partial charge < -0.3 is 10.1 Å². The second-order valence-electron chi connectivity index (χ2n) is 3.29. The van der Waals surface area contributed by atoms with Crippen molar-refractivity contribution in [3.63, 3.8) is 0 Å². The Balaban J connectivity index is 0.00000144. The minimum atomic E-state index is -0.0498. The van der Waals surface area contributed by atoms with Crippen LogP contribution in [0.1, 0.15) is 19.8 Å². The van der Waals surface area contributed by atoms with Gasteiger partial charge in [-0.25, -0.2) is 0 Å². The number of methoxy groups -OCH3 is 1. The van der Waals surface area contributed by atoms with Crippen molar-refractivity contribution in [2.24, 2.45) is 11.8 Å². The SMILES string of the molecule is CCC(C(=O)OC)[C@@H]1CCNC1.Cl. The van der Waals surface area contributed by atoms with E-state index in [-0.39, 0.29) is 24.3 Å². The van der Waals surface area contributed by atoms with Gasteiger partial charge in [-0.1, -0.05) is 6.92 Å². The van der Waals surface area contributed by atoms with Crippen LogP contribution < -0.4 is 5.32 Å². The first-order valence-electron chi connectivity index (χ1n) is 4.58. The summed E-state index contributed by atoms with van der Waals surface area (Å²) < 4.78 is 4.75.